The molecule has 30 heavy (non-hydrogen) atoms. The monoisotopic (exact) mass is 469 g/mol. The SMILES string of the molecule is CN(C)[C@H]1Cc2c(Cl)cc(Cl)cc2[C@@H]1Oc1ccc(S(=O)(=O)NC2CCNC2)cc1. The molecule has 2 aromatic carbocycles. The number of ether oxygens (including phenoxy) is 1. The summed E-state index contributed by atoms with van der Waals surface area (Å²) in [5.74, 6) is 0.595. The smallest absolute Gasteiger partial charge is 0.240 e. The Morgan fingerprint density at radius 3 is 2.53 bits per heavy atom. The Bertz CT molecular complexity index is 1020. The second-order valence-corrected chi connectivity index (χ2v) is 10.6. The highest BCUT2D eigenvalue weighted by Gasteiger charge is 2.37. The molecule has 1 aliphatic heterocycles. The summed E-state index contributed by atoms with van der Waals surface area (Å²) in [5.41, 5.74) is 2.01. The number of nitrogens with one attached hydrogen (secondary N) is 2. The van der Waals surface area contributed by atoms with Crippen molar-refractivity contribution in [1.29, 1.82) is 0 Å². The highest BCUT2D eigenvalue weighted by Crippen LogP contribution is 2.42. The number of hydrogen-bond acceptors (Lipinski definition) is 5. The predicted molar refractivity (Wildman–Crippen MR) is 119 cm³/mol. The van der Waals surface area contributed by atoms with E-state index in [1.54, 1.807) is 30.3 Å². The lowest BCUT2D eigenvalue weighted by Gasteiger charge is -2.27. The van der Waals surface area contributed by atoms with Gasteiger partial charge in [-0.2, -0.15) is 0 Å². The van der Waals surface area contributed by atoms with Crippen LogP contribution in [-0.4, -0.2) is 52.6 Å². The third kappa shape index (κ3) is 4.47. The standard InChI is InChI=1S/C21H25Cl2N3O3S/c1-26(2)20-11-17-18(9-13(22)10-19(17)23)21(20)29-15-3-5-16(6-4-15)30(27,28)25-14-7-8-24-12-14/h3-6,9-10,14,20-21,24-25H,7-8,11-12H2,1-2H3/t14?,20-,21-/m0/s1. The molecule has 0 radical (unpaired) electrons. The van der Waals surface area contributed by atoms with E-state index in [1.807, 2.05) is 20.2 Å². The molecule has 1 saturated heterocycles. The minimum absolute atomic E-state index is 0.0729. The first kappa shape index (κ1) is 21.9. The first-order chi connectivity index (χ1) is 14.2. The summed E-state index contributed by atoms with van der Waals surface area (Å²) < 4.78 is 34.3. The Hall–Kier alpha value is -1.35. The topological polar surface area (TPSA) is 70.7 Å². The number of fused-ring (bicyclic) bond motifs is 1. The maximum Gasteiger partial charge on any atom is 0.240 e. The summed E-state index contributed by atoms with van der Waals surface area (Å²) in [4.78, 5) is 2.33. The van der Waals surface area contributed by atoms with Gasteiger partial charge in [-0.3, -0.25) is 0 Å². The molecule has 0 spiro atoms. The molecule has 4 rings (SSSR count). The molecule has 1 fully saturated rings. The van der Waals surface area contributed by atoms with Crippen molar-refractivity contribution in [3.63, 3.8) is 0 Å². The fourth-order valence-electron chi connectivity index (χ4n) is 4.10. The highest BCUT2D eigenvalue weighted by atomic mass is 35.5. The molecule has 0 amide bonds. The van der Waals surface area contributed by atoms with Crippen molar-refractivity contribution in [2.24, 2.45) is 0 Å². The molecule has 9 heteroatoms. The highest BCUT2D eigenvalue weighted by molar-refractivity contribution is 7.89. The summed E-state index contributed by atoms with van der Waals surface area (Å²) >= 11 is 12.7. The van der Waals surface area contributed by atoms with Gasteiger partial charge in [0.1, 0.15) is 11.9 Å². The first-order valence-electron chi connectivity index (χ1n) is 9.88. The van der Waals surface area contributed by atoms with Gasteiger partial charge in [-0.1, -0.05) is 23.2 Å². The molecule has 0 bridgehead atoms. The molecule has 2 N–H and O–H groups in total. The van der Waals surface area contributed by atoms with Crippen LogP contribution in [0.25, 0.3) is 0 Å². The zero-order valence-electron chi connectivity index (χ0n) is 16.9. The van der Waals surface area contributed by atoms with E-state index in [2.05, 4.69) is 14.9 Å². The van der Waals surface area contributed by atoms with Crippen molar-refractivity contribution in [1.82, 2.24) is 14.9 Å². The number of sulfonamides is 1. The molecule has 1 unspecified atom stereocenters. The largest absolute Gasteiger partial charge is 0.484 e. The van der Waals surface area contributed by atoms with E-state index >= 15 is 0 Å². The minimum Gasteiger partial charge on any atom is -0.484 e. The van der Waals surface area contributed by atoms with Crippen LogP contribution in [0.1, 0.15) is 23.7 Å². The van der Waals surface area contributed by atoms with Crippen LogP contribution in [0.4, 0.5) is 0 Å². The van der Waals surface area contributed by atoms with E-state index in [9.17, 15) is 8.42 Å². The fourth-order valence-corrected chi connectivity index (χ4v) is 5.95. The third-order valence-corrected chi connectivity index (χ3v) is 7.80. The van der Waals surface area contributed by atoms with Gasteiger partial charge in [0.25, 0.3) is 0 Å². The van der Waals surface area contributed by atoms with Crippen molar-refractivity contribution in [3.8, 4) is 5.75 Å². The van der Waals surface area contributed by atoms with Crippen molar-refractivity contribution in [3.05, 3.63) is 57.6 Å². The van der Waals surface area contributed by atoms with Gasteiger partial charge in [-0.05, 0) is 75.4 Å². The van der Waals surface area contributed by atoms with Gasteiger partial charge >= 0.3 is 0 Å². The van der Waals surface area contributed by atoms with Crippen molar-refractivity contribution in [2.75, 3.05) is 27.2 Å². The molecular weight excluding hydrogens is 445 g/mol. The molecule has 0 saturated carbocycles. The normalized spacial score (nSPS) is 23.7. The number of likely N-dealkylation sites (N-methyl/N-ethyl adjacent to an activating group) is 1. The van der Waals surface area contributed by atoms with Crippen LogP contribution in [0.5, 0.6) is 5.75 Å². The zero-order valence-corrected chi connectivity index (χ0v) is 19.2. The first-order valence-corrected chi connectivity index (χ1v) is 12.1. The van der Waals surface area contributed by atoms with Gasteiger partial charge < -0.3 is 15.0 Å². The number of rotatable bonds is 6. The molecule has 6 nitrogen and oxygen atoms in total. The number of nitrogens with zero attached hydrogens (tertiary/aromatic N) is 1. The quantitative estimate of drug-likeness (QED) is 0.679. The summed E-state index contributed by atoms with van der Waals surface area (Å²) in [6, 6.07) is 10.2. The van der Waals surface area contributed by atoms with Gasteiger partial charge in [-0.25, -0.2) is 13.1 Å². The average molecular weight is 470 g/mol. The summed E-state index contributed by atoms with van der Waals surface area (Å²) in [7, 11) is 0.443. The lowest BCUT2D eigenvalue weighted by atomic mass is 10.1. The molecule has 0 aromatic heterocycles. The van der Waals surface area contributed by atoms with Crippen LogP contribution >= 0.6 is 23.2 Å². The van der Waals surface area contributed by atoms with E-state index in [0.29, 0.717) is 22.3 Å². The van der Waals surface area contributed by atoms with E-state index in [1.165, 1.54) is 0 Å². The average Bonchev–Trinajstić information content (AvgIpc) is 3.30. The molecule has 3 atom stereocenters. The molecule has 162 valence electrons. The maximum atomic E-state index is 12.6. The van der Waals surface area contributed by atoms with Crippen LogP contribution in [0.2, 0.25) is 10.0 Å². The van der Waals surface area contributed by atoms with Gasteiger partial charge in [0, 0.05) is 28.2 Å². The zero-order chi connectivity index (χ0) is 21.5. The van der Waals surface area contributed by atoms with E-state index in [-0.39, 0.29) is 23.1 Å². The molecule has 1 heterocycles. The van der Waals surface area contributed by atoms with E-state index in [0.717, 1.165) is 30.5 Å². The van der Waals surface area contributed by atoms with Gasteiger partial charge in [0.05, 0.1) is 10.9 Å². The van der Waals surface area contributed by atoms with E-state index in [4.69, 9.17) is 27.9 Å². The van der Waals surface area contributed by atoms with E-state index < -0.39 is 10.0 Å². The van der Waals surface area contributed by atoms with Gasteiger partial charge in [0.2, 0.25) is 10.0 Å². The number of hydrogen-bond donors (Lipinski definition) is 2. The third-order valence-electron chi connectivity index (χ3n) is 5.71. The van der Waals surface area contributed by atoms with Crippen LogP contribution in [0, 0.1) is 0 Å². The Kier molecular flexibility index (Phi) is 6.30. The lowest BCUT2D eigenvalue weighted by Crippen LogP contribution is -2.36. The molecule has 2 aromatic rings. The number of benzene rings is 2. The van der Waals surface area contributed by atoms with Crippen LogP contribution in [0.15, 0.2) is 41.3 Å². The van der Waals surface area contributed by atoms with Gasteiger partial charge in [0.15, 0.2) is 0 Å². The Morgan fingerprint density at radius 2 is 1.90 bits per heavy atom. The Balaban J connectivity index is 1.55. The van der Waals surface area contributed by atoms with Crippen LogP contribution in [-0.2, 0) is 16.4 Å². The Labute approximate surface area is 187 Å². The second kappa shape index (κ2) is 8.65. The maximum absolute atomic E-state index is 12.6. The van der Waals surface area contributed by atoms with Crippen molar-refractivity contribution in [2.45, 2.75) is 35.9 Å². The summed E-state index contributed by atoms with van der Waals surface area (Å²) in [6.45, 7) is 1.47. The molecular formula is C21H25Cl2N3O3S. The molecule has 1 aliphatic carbocycles. The second-order valence-electron chi connectivity index (χ2n) is 8.01. The minimum atomic E-state index is -3.56. The van der Waals surface area contributed by atoms with Crippen LogP contribution in [0.3, 0.4) is 0 Å². The molecule has 2 aliphatic rings. The fraction of sp³-hybridized carbons (Fsp3) is 0.429. The number of halogens is 2. The van der Waals surface area contributed by atoms with Crippen molar-refractivity contribution < 1.29 is 13.2 Å². The predicted octanol–water partition coefficient (Wildman–Crippen LogP) is 3.24. The van der Waals surface area contributed by atoms with Crippen LogP contribution < -0.4 is 14.8 Å². The summed E-state index contributed by atoms with van der Waals surface area (Å²) in [5, 5.41) is 4.37. The van der Waals surface area contributed by atoms with Crippen molar-refractivity contribution >= 4 is 33.2 Å². The lowest BCUT2D eigenvalue weighted by molar-refractivity contribution is 0.111. The Morgan fingerprint density at radius 1 is 1.17 bits per heavy atom. The van der Waals surface area contributed by atoms with Gasteiger partial charge in [-0.15, -0.1) is 0 Å². The summed E-state index contributed by atoms with van der Waals surface area (Å²) in [6.07, 6.45) is 1.30.